The topological polar surface area (TPSA) is 39.7 Å². The van der Waals surface area contributed by atoms with Crippen LogP contribution in [0.2, 0.25) is 0 Å². The zero-order valence-corrected chi connectivity index (χ0v) is 14.4. The van der Waals surface area contributed by atoms with Gasteiger partial charge in [-0.15, -0.1) is 0 Å². The third-order valence-corrected chi connectivity index (χ3v) is 4.97. The molecule has 0 aromatic heterocycles. The number of guanidine groups is 1. The van der Waals surface area contributed by atoms with Crippen LogP contribution < -0.4 is 10.6 Å². The van der Waals surface area contributed by atoms with Crippen LogP contribution in [0.1, 0.15) is 33.1 Å². The van der Waals surface area contributed by atoms with Crippen molar-refractivity contribution in [1.29, 1.82) is 0 Å². The largest absolute Gasteiger partial charge is 0.356 e. The number of thioether (sulfide) groups is 1. The molecular formula is C15H32N4S. The Balaban J connectivity index is 2.06. The van der Waals surface area contributed by atoms with E-state index >= 15 is 0 Å². The fraction of sp³-hybridized carbons (Fsp3) is 0.933. The normalized spacial score (nSPS) is 19.9. The maximum atomic E-state index is 4.26. The number of aliphatic imine (C=N–C) groups is 1. The maximum Gasteiger partial charge on any atom is 0.191 e. The number of hydrogen-bond acceptors (Lipinski definition) is 3. The molecule has 1 heterocycles. The minimum absolute atomic E-state index is 0.615. The minimum atomic E-state index is 0.615. The van der Waals surface area contributed by atoms with E-state index in [1.54, 1.807) is 0 Å². The maximum absolute atomic E-state index is 4.26. The summed E-state index contributed by atoms with van der Waals surface area (Å²) in [5, 5.41) is 7.38. The molecule has 0 amide bonds. The van der Waals surface area contributed by atoms with Gasteiger partial charge in [0, 0.05) is 25.4 Å². The van der Waals surface area contributed by atoms with Crippen LogP contribution in [-0.4, -0.2) is 62.1 Å². The highest BCUT2D eigenvalue weighted by atomic mass is 32.2. The fourth-order valence-electron chi connectivity index (χ4n) is 2.34. The Kier molecular flexibility index (Phi) is 9.10. The van der Waals surface area contributed by atoms with E-state index in [1.165, 1.54) is 38.9 Å². The zero-order chi connectivity index (χ0) is 14.8. The van der Waals surface area contributed by atoms with Gasteiger partial charge in [-0.1, -0.05) is 13.8 Å². The number of likely N-dealkylation sites (tertiary alicyclic amines) is 1. The van der Waals surface area contributed by atoms with E-state index in [0.29, 0.717) is 5.25 Å². The first kappa shape index (κ1) is 17.6. The number of hydrogen-bond donors (Lipinski definition) is 2. The molecule has 1 atom stereocenters. The van der Waals surface area contributed by atoms with Gasteiger partial charge in [0.05, 0.1) is 0 Å². The average molecular weight is 301 g/mol. The van der Waals surface area contributed by atoms with Gasteiger partial charge in [0.2, 0.25) is 0 Å². The predicted molar refractivity (Wildman–Crippen MR) is 91.8 cm³/mol. The van der Waals surface area contributed by atoms with Crippen molar-refractivity contribution in [3.63, 3.8) is 0 Å². The van der Waals surface area contributed by atoms with Gasteiger partial charge in [0.15, 0.2) is 5.96 Å². The lowest BCUT2D eigenvalue weighted by atomic mass is 9.99. The Hall–Kier alpha value is -0.420. The van der Waals surface area contributed by atoms with Crippen LogP contribution in [0.15, 0.2) is 4.99 Å². The monoisotopic (exact) mass is 300 g/mol. The van der Waals surface area contributed by atoms with Crippen molar-refractivity contribution < 1.29 is 0 Å². The number of piperidine rings is 1. The third-order valence-electron chi connectivity index (χ3n) is 4.00. The highest BCUT2D eigenvalue weighted by molar-refractivity contribution is 7.99. The lowest BCUT2D eigenvalue weighted by Crippen LogP contribution is -2.41. The van der Waals surface area contributed by atoms with Crippen molar-refractivity contribution in [3.8, 4) is 0 Å². The first-order chi connectivity index (χ1) is 9.65. The number of rotatable bonds is 7. The Morgan fingerprint density at radius 2 is 2.05 bits per heavy atom. The highest BCUT2D eigenvalue weighted by Crippen LogP contribution is 2.15. The molecule has 0 saturated carbocycles. The van der Waals surface area contributed by atoms with Crippen molar-refractivity contribution in [2.24, 2.45) is 10.9 Å². The number of nitrogens with zero attached hydrogens (tertiary/aromatic N) is 2. The summed E-state index contributed by atoms with van der Waals surface area (Å²) in [4.78, 5) is 6.85. The van der Waals surface area contributed by atoms with E-state index in [2.05, 4.69) is 40.6 Å². The molecular weight excluding hydrogens is 268 g/mol. The van der Waals surface area contributed by atoms with Crippen molar-refractivity contribution >= 4 is 17.7 Å². The highest BCUT2D eigenvalue weighted by Gasteiger charge is 2.14. The Morgan fingerprint density at radius 3 is 2.65 bits per heavy atom. The summed E-state index contributed by atoms with van der Waals surface area (Å²) in [6, 6.07) is 0. The second-order valence-electron chi connectivity index (χ2n) is 5.80. The summed E-state index contributed by atoms with van der Waals surface area (Å²) in [5.41, 5.74) is 0. The van der Waals surface area contributed by atoms with Crippen molar-refractivity contribution in [3.05, 3.63) is 0 Å². The van der Waals surface area contributed by atoms with Crippen LogP contribution in [0.4, 0.5) is 0 Å². The van der Waals surface area contributed by atoms with Crippen LogP contribution in [0.25, 0.3) is 0 Å². The van der Waals surface area contributed by atoms with Crippen molar-refractivity contribution in [2.75, 3.05) is 46.0 Å². The summed E-state index contributed by atoms with van der Waals surface area (Å²) in [6.45, 7) is 10.3. The summed E-state index contributed by atoms with van der Waals surface area (Å²) < 4.78 is 0. The molecule has 0 aromatic rings. The minimum Gasteiger partial charge on any atom is -0.356 e. The fourth-order valence-corrected chi connectivity index (χ4v) is 2.59. The van der Waals surface area contributed by atoms with Crippen molar-refractivity contribution in [2.45, 2.75) is 38.4 Å². The molecule has 1 saturated heterocycles. The zero-order valence-electron chi connectivity index (χ0n) is 13.6. The van der Waals surface area contributed by atoms with Crippen LogP contribution in [0, 0.1) is 5.92 Å². The van der Waals surface area contributed by atoms with Crippen LogP contribution >= 0.6 is 11.8 Å². The molecule has 1 fully saturated rings. The second-order valence-corrected chi connectivity index (χ2v) is 7.08. The van der Waals surface area contributed by atoms with Crippen molar-refractivity contribution in [1.82, 2.24) is 15.5 Å². The molecule has 1 unspecified atom stereocenters. The second kappa shape index (κ2) is 10.3. The third kappa shape index (κ3) is 7.39. The smallest absolute Gasteiger partial charge is 0.191 e. The molecule has 0 radical (unpaired) electrons. The van der Waals surface area contributed by atoms with Gasteiger partial charge in [0.25, 0.3) is 0 Å². The molecule has 1 aliphatic heterocycles. The lowest BCUT2D eigenvalue weighted by Gasteiger charge is -2.30. The summed E-state index contributed by atoms with van der Waals surface area (Å²) in [5.74, 6) is 1.85. The van der Waals surface area contributed by atoms with Crippen LogP contribution in [-0.2, 0) is 0 Å². The molecule has 0 bridgehead atoms. The molecule has 0 spiro atoms. The number of nitrogens with one attached hydrogen (secondary N) is 2. The molecule has 4 nitrogen and oxygen atoms in total. The van der Waals surface area contributed by atoms with Gasteiger partial charge < -0.3 is 15.5 Å². The van der Waals surface area contributed by atoms with Gasteiger partial charge in [-0.2, -0.15) is 11.8 Å². The molecule has 1 aliphatic rings. The van der Waals surface area contributed by atoms with Gasteiger partial charge in [0.1, 0.15) is 0 Å². The first-order valence-electron chi connectivity index (χ1n) is 7.85. The average Bonchev–Trinajstić information content (AvgIpc) is 2.48. The lowest BCUT2D eigenvalue weighted by molar-refractivity contribution is 0.191. The molecule has 2 N–H and O–H groups in total. The summed E-state index contributed by atoms with van der Waals surface area (Å²) in [7, 11) is 1.84. The first-order valence-corrected chi connectivity index (χ1v) is 9.14. The van der Waals surface area contributed by atoms with E-state index in [4.69, 9.17) is 0 Å². The quantitative estimate of drug-likeness (QED) is 0.429. The van der Waals surface area contributed by atoms with E-state index in [-0.39, 0.29) is 0 Å². The summed E-state index contributed by atoms with van der Waals surface area (Å²) in [6.07, 6.45) is 6.06. The van der Waals surface area contributed by atoms with E-state index in [9.17, 15) is 0 Å². The van der Waals surface area contributed by atoms with E-state index < -0.39 is 0 Å². The SMILES string of the molecule is CN=C(NCCCN1CCC(C)CC1)NCC(C)SC. The van der Waals surface area contributed by atoms with Gasteiger partial charge >= 0.3 is 0 Å². The van der Waals surface area contributed by atoms with Gasteiger partial charge in [-0.05, 0) is 51.1 Å². The summed E-state index contributed by atoms with van der Waals surface area (Å²) >= 11 is 1.87. The Bertz CT molecular complexity index is 275. The standard InChI is InChI=1S/C15H32N4S/c1-13-6-10-19(11-7-13)9-5-8-17-15(16-3)18-12-14(2)20-4/h13-14H,5-12H2,1-4H3,(H2,16,17,18). The van der Waals surface area contributed by atoms with Gasteiger partial charge in [-0.25, -0.2) is 0 Å². The molecule has 0 aromatic carbocycles. The van der Waals surface area contributed by atoms with Gasteiger partial charge in [-0.3, -0.25) is 4.99 Å². The molecule has 1 rings (SSSR count). The molecule has 5 heteroatoms. The molecule has 118 valence electrons. The Labute approximate surface area is 129 Å². The van der Waals surface area contributed by atoms with E-state index in [1.807, 2.05) is 18.8 Å². The van der Waals surface area contributed by atoms with Crippen LogP contribution in [0.5, 0.6) is 0 Å². The Morgan fingerprint density at radius 1 is 1.35 bits per heavy atom. The molecule has 0 aliphatic carbocycles. The molecule has 20 heavy (non-hydrogen) atoms. The predicted octanol–water partition coefficient (Wildman–Crippen LogP) is 2.02. The van der Waals surface area contributed by atoms with E-state index in [0.717, 1.165) is 25.0 Å². The van der Waals surface area contributed by atoms with Crippen LogP contribution in [0.3, 0.4) is 0 Å².